The van der Waals surface area contributed by atoms with E-state index in [1.807, 2.05) is 54.1 Å². The van der Waals surface area contributed by atoms with E-state index in [0.29, 0.717) is 10.5 Å². The van der Waals surface area contributed by atoms with Gasteiger partial charge < -0.3 is 4.74 Å². The lowest BCUT2D eigenvalue weighted by Gasteiger charge is -2.07. The van der Waals surface area contributed by atoms with E-state index in [0.717, 1.165) is 16.0 Å². The van der Waals surface area contributed by atoms with Gasteiger partial charge in [0, 0.05) is 4.88 Å². The van der Waals surface area contributed by atoms with Crippen LogP contribution >= 0.6 is 22.7 Å². The van der Waals surface area contributed by atoms with E-state index in [4.69, 9.17) is 4.74 Å². The molecule has 3 aromatic rings. The van der Waals surface area contributed by atoms with E-state index in [9.17, 15) is 9.59 Å². The number of esters is 1. The minimum absolute atomic E-state index is 0.190. The lowest BCUT2D eigenvalue weighted by Crippen LogP contribution is -2.14. The van der Waals surface area contributed by atoms with Gasteiger partial charge in [0.2, 0.25) is 5.78 Å². The minimum Gasteiger partial charge on any atom is -0.454 e. The van der Waals surface area contributed by atoms with Crippen molar-refractivity contribution in [3.8, 4) is 0 Å². The maximum absolute atomic E-state index is 12.6. The highest BCUT2D eigenvalue weighted by Gasteiger charge is 2.17. The maximum atomic E-state index is 12.6. The Labute approximate surface area is 154 Å². The number of ether oxygens (including phenoxy) is 1. The number of ketones is 1. The molecule has 0 bridgehead atoms. The summed E-state index contributed by atoms with van der Waals surface area (Å²) in [6, 6.07) is 15.2. The highest BCUT2D eigenvalue weighted by atomic mass is 32.1. The molecule has 126 valence electrons. The zero-order chi connectivity index (χ0) is 17.6. The first-order valence-corrected chi connectivity index (χ1v) is 9.45. The second-order valence-electron chi connectivity index (χ2n) is 5.43. The fourth-order valence-corrected chi connectivity index (χ4v) is 3.69. The van der Waals surface area contributed by atoms with Gasteiger partial charge in [-0.2, -0.15) is 0 Å². The van der Waals surface area contributed by atoms with Gasteiger partial charge in [-0.1, -0.05) is 42.0 Å². The number of thiophene rings is 2. The van der Waals surface area contributed by atoms with Crippen molar-refractivity contribution in [1.29, 1.82) is 0 Å². The first kappa shape index (κ1) is 17.3. The van der Waals surface area contributed by atoms with Crippen LogP contribution in [0.5, 0.6) is 0 Å². The highest BCUT2D eigenvalue weighted by Crippen LogP contribution is 2.25. The Balaban J connectivity index is 1.80. The topological polar surface area (TPSA) is 43.4 Å². The van der Waals surface area contributed by atoms with Gasteiger partial charge in [-0.3, -0.25) is 4.79 Å². The Bertz CT molecular complexity index is 891. The molecule has 0 aliphatic rings. The van der Waals surface area contributed by atoms with Crippen LogP contribution in [0, 0.1) is 6.92 Å². The van der Waals surface area contributed by atoms with Gasteiger partial charge in [0.25, 0.3) is 0 Å². The van der Waals surface area contributed by atoms with Gasteiger partial charge >= 0.3 is 5.97 Å². The Kier molecular flexibility index (Phi) is 5.58. The number of carbonyl (C=O) groups excluding carboxylic acids is 2. The normalized spacial score (nSPS) is 11.3. The average Bonchev–Trinajstić information content (AvgIpc) is 3.30. The molecule has 3 nitrogen and oxygen atoms in total. The predicted molar refractivity (Wildman–Crippen MR) is 103 cm³/mol. The van der Waals surface area contributed by atoms with Crippen molar-refractivity contribution in [1.82, 2.24) is 0 Å². The summed E-state index contributed by atoms with van der Waals surface area (Å²) >= 11 is 2.80. The zero-order valence-electron chi connectivity index (χ0n) is 13.6. The van der Waals surface area contributed by atoms with Crippen LogP contribution in [0.2, 0.25) is 0 Å². The zero-order valence-corrected chi connectivity index (χ0v) is 15.2. The van der Waals surface area contributed by atoms with Crippen LogP contribution in [0.25, 0.3) is 11.6 Å². The molecule has 0 unspecified atom stereocenters. The van der Waals surface area contributed by atoms with Crippen molar-refractivity contribution in [2.24, 2.45) is 0 Å². The summed E-state index contributed by atoms with van der Waals surface area (Å²) in [7, 11) is 0. The summed E-state index contributed by atoms with van der Waals surface area (Å²) in [5.41, 5.74) is 2.49. The van der Waals surface area contributed by atoms with Crippen LogP contribution in [0.3, 0.4) is 0 Å². The first-order chi connectivity index (χ1) is 12.1. The SMILES string of the molecule is Cc1cccc(/C=C(/C(=O)OCC(=O)c2cccs2)c2cccs2)c1. The van der Waals surface area contributed by atoms with E-state index in [-0.39, 0.29) is 12.4 Å². The summed E-state index contributed by atoms with van der Waals surface area (Å²) in [5, 5.41) is 3.73. The Morgan fingerprint density at radius 1 is 1.00 bits per heavy atom. The number of hydrogen-bond donors (Lipinski definition) is 0. The summed E-state index contributed by atoms with van der Waals surface area (Å²) in [5.74, 6) is -0.682. The van der Waals surface area contributed by atoms with Gasteiger partial charge in [-0.05, 0) is 41.5 Å². The molecule has 5 heteroatoms. The molecule has 0 N–H and O–H groups in total. The first-order valence-electron chi connectivity index (χ1n) is 7.69. The van der Waals surface area contributed by atoms with Gasteiger partial charge in [-0.25, -0.2) is 4.79 Å². The van der Waals surface area contributed by atoms with Crippen LogP contribution in [-0.2, 0) is 9.53 Å². The van der Waals surface area contributed by atoms with Crippen LogP contribution in [0.1, 0.15) is 25.7 Å². The number of Topliss-reactive ketones (excluding diaryl/α,β-unsaturated/α-hetero) is 1. The summed E-state index contributed by atoms with van der Waals surface area (Å²) in [6.45, 7) is 1.75. The molecule has 0 atom stereocenters. The lowest BCUT2D eigenvalue weighted by molar-refractivity contribution is -0.135. The quantitative estimate of drug-likeness (QED) is 0.346. The molecule has 0 saturated carbocycles. The number of benzene rings is 1. The Morgan fingerprint density at radius 2 is 1.72 bits per heavy atom. The molecule has 25 heavy (non-hydrogen) atoms. The second-order valence-corrected chi connectivity index (χ2v) is 7.32. The molecule has 0 amide bonds. The third-order valence-electron chi connectivity index (χ3n) is 3.49. The number of aryl methyl sites for hydroxylation is 1. The molecule has 0 aliphatic heterocycles. The Hall–Kier alpha value is -2.50. The molecule has 0 aliphatic carbocycles. The molecule has 0 radical (unpaired) electrons. The van der Waals surface area contributed by atoms with Crippen LogP contribution < -0.4 is 0 Å². The molecule has 0 spiro atoms. The lowest BCUT2D eigenvalue weighted by atomic mass is 10.1. The molecular weight excluding hydrogens is 352 g/mol. The van der Waals surface area contributed by atoms with E-state index in [1.165, 1.54) is 22.7 Å². The molecular formula is C20H16O3S2. The third-order valence-corrected chi connectivity index (χ3v) is 5.30. The Morgan fingerprint density at radius 3 is 2.36 bits per heavy atom. The summed E-state index contributed by atoms with van der Waals surface area (Å²) in [4.78, 5) is 26.0. The summed E-state index contributed by atoms with van der Waals surface area (Å²) in [6.07, 6.45) is 1.80. The number of carbonyl (C=O) groups is 2. The minimum atomic E-state index is -0.492. The molecule has 2 aromatic heterocycles. The fraction of sp³-hybridized carbons (Fsp3) is 0.100. The predicted octanol–water partition coefficient (Wildman–Crippen LogP) is 5.08. The summed E-state index contributed by atoms with van der Waals surface area (Å²) < 4.78 is 5.27. The van der Waals surface area contributed by atoms with Crippen LogP contribution in [0.4, 0.5) is 0 Å². The van der Waals surface area contributed by atoms with Crippen molar-refractivity contribution >= 4 is 46.1 Å². The molecule has 1 aromatic carbocycles. The molecule has 0 saturated heterocycles. The van der Waals surface area contributed by atoms with E-state index in [1.54, 1.807) is 18.2 Å². The van der Waals surface area contributed by atoms with Crippen molar-refractivity contribution in [2.45, 2.75) is 6.92 Å². The largest absolute Gasteiger partial charge is 0.454 e. The third kappa shape index (κ3) is 4.53. The number of hydrogen-bond acceptors (Lipinski definition) is 5. The van der Waals surface area contributed by atoms with Crippen molar-refractivity contribution in [3.05, 3.63) is 80.2 Å². The number of rotatable bonds is 6. The molecule has 2 heterocycles. The van der Waals surface area contributed by atoms with Crippen LogP contribution in [-0.4, -0.2) is 18.4 Å². The van der Waals surface area contributed by atoms with Gasteiger partial charge in [0.1, 0.15) is 0 Å². The van der Waals surface area contributed by atoms with Crippen molar-refractivity contribution in [2.75, 3.05) is 6.61 Å². The van der Waals surface area contributed by atoms with E-state index >= 15 is 0 Å². The van der Waals surface area contributed by atoms with Crippen molar-refractivity contribution in [3.63, 3.8) is 0 Å². The van der Waals surface area contributed by atoms with E-state index < -0.39 is 5.97 Å². The molecule has 3 rings (SSSR count). The average molecular weight is 368 g/mol. The van der Waals surface area contributed by atoms with Crippen LogP contribution in [0.15, 0.2) is 59.3 Å². The monoisotopic (exact) mass is 368 g/mol. The van der Waals surface area contributed by atoms with Gasteiger partial charge in [0.15, 0.2) is 6.61 Å². The second kappa shape index (κ2) is 8.05. The van der Waals surface area contributed by atoms with Crippen molar-refractivity contribution < 1.29 is 14.3 Å². The standard InChI is InChI=1S/C20H16O3S2/c1-14-5-2-6-15(11-14)12-16(18-7-3-9-24-18)20(22)23-13-17(21)19-8-4-10-25-19/h2-12H,13H2,1H3/b16-12+. The van der Waals surface area contributed by atoms with E-state index in [2.05, 4.69) is 0 Å². The maximum Gasteiger partial charge on any atom is 0.340 e. The highest BCUT2D eigenvalue weighted by molar-refractivity contribution is 7.12. The van der Waals surface area contributed by atoms with Gasteiger partial charge in [0.05, 0.1) is 10.5 Å². The van der Waals surface area contributed by atoms with Gasteiger partial charge in [-0.15, -0.1) is 22.7 Å². The fourth-order valence-electron chi connectivity index (χ4n) is 2.31. The smallest absolute Gasteiger partial charge is 0.340 e. The molecule has 0 fully saturated rings.